The van der Waals surface area contributed by atoms with Gasteiger partial charge < -0.3 is 30.5 Å². The number of anilines is 1. The average Bonchev–Trinajstić information content (AvgIpc) is 3.25. The van der Waals surface area contributed by atoms with Crippen LogP contribution in [0.5, 0.6) is 6.01 Å². The Balaban J connectivity index is 1.54. The highest BCUT2D eigenvalue weighted by Gasteiger charge is 2.44. The molecule has 1 aromatic carbocycles. The van der Waals surface area contributed by atoms with Gasteiger partial charge in [0.05, 0.1) is 19.5 Å². The van der Waals surface area contributed by atoms with Gasteiger partial charge in [0.25, 0.3) is 0 Å². The highest BCUT2D eigenvalue weighted by Crippen LogP contribution is 2.32. The predicted octanol–water partition coefficient (Wildman–Crippen LogP) is -0.0501. The fourth-order valence-electron chi connectivity index (χ4n) is 3.29. The van der Waals surface area contributed by atoms with Crippen molar-refractivity contribution in [2.24, 2.45) is 0 Å². The normalized spacial score (nSPS) is 24.3. The van der Waals surface area contributed by atoms with Crippen molar-refractivity contribution in [2.75, 3.05) is 18.9 Å². The van der Waals surface area contributed by atoms with Crippen LogP contribution in [0, 0.1) is 6.92 Å². The minimum absolute atomic E-state index is 0.0793. The van der Waals surface area contributed by atoms with Crippen molar-refractivity contribution >= 4 is 17.0 Å². The Morgan fingerprint density at radius 2 is 1.93 bits per heavy atom. The SMILES string of the molecule is Cc1ccc(CCOc2nc(N)c3ncn(C4O[C@H](CO)[C@@H](O)[C@H]4O)c3n2)cc1. The molecule has 4 atom stereocenters. The molecule has 1 saturated heterocycles. The average molecular weight is 401 g/mol. The molecule has 10 heteroatoms. The van der Waals surface area contributed by atoms with Gasteiger partial charge >= 0.3 is 6.01 Å². The number of rotatable bonds is 6. The number of aryl methyl sites for hydroxylation is 1. The summed E-state index contributed by atoms with van der Waals surface area (Å²) >= 11 is 0. The molecule has 0 aliphatic carbocycles. The third kappa shape index (κ3) is 3.75. The largest absolute Gasteiger partial charge is 0.463 e. The van der Waals surface area contributed by atoms with Crippen LogP contribution < -0.4 is 10.5 Å². The third-order valence-corrected chi connectivity index (χ3v) is 4.96. The number of fused-ring (bicyclic) bond motifs is 1. The predicted molar refractivity (Wildman–Crippen MR) is 103 cm³/mol. The van der Waals surface area contributed by atoms with Gasteiger partial charge in [0.1, 0.15) is 18.3 Å². The Morgan fingerprint density at radius 3 is 2.62 bits per heavy atom. The van der Waals surface area contributed by atoms with E-state index >= 15 is 0 Å². The van der Waals surface area contributed by atoms with E-state index in [2.05, 4.69) is 15.0 Å². The Morgan fingerprint density at radius 1 is 1.17 bits per heavy atom. The molecule has 10 nitrogen and oxygen atoms in total. The molecule has 29 heavy (non-hydrogen) atoms. The standard InChI is InChI=1S/C19H23N5O5/c1-10-2-4-11(5-3-10)6-7-28-19-22-16(20)13-17(23-19)24(9-21-13)18-15(27)14(26)12(8-25)29-18/h2-5,9,12,14-15,18,25-27H,6-8H2,1H3,(H2,20,22,23)/t12-,14-,15-,18?/m1/s1. The zero-order valence-corrected chi connectivity index (χ0v) is 15.8. The second-order valence-corrected chi connectivity index (χ2v) is 7.03. The molecule has 0 spiro atoms. The number of ether oxygens (including phenoxy) is 2. The molecule has 3 heterocycles. The van der Waals surface area contributed by atoms with Gasteiger partial charge in [-0.15, -0.1) is 0 Å². The summed E-state index contributed by atoms with van der Waals surface area (Å²) in [5, 5.41) is 29.6. The number of aliphatic hydroxyl groups excluding tert-OH is 3. The number of hydrogen-bond donors (Lipinski definition) is 4. The van der Waals surface area contributed by atoms with Crippen molar-refractivity contribution in [1.82, 2.24) is 19.5 Å². The highest BCUT2D eigenvalue weighted by atomic mass is 16.6. The van der Waals surface area contributed by atoms with Gasteiger partial charge in [0.2, 0.25) is 0 Å². The number of imidazole rings is 1. The van der Waals surface area contributed by atoms with Crippen LogP contribution in [-0.2, 0) is 11.2 Å². The number of hydrogen-bond acceptors (Lipinski definition) is 9. The zero-order chi connectivity index (χ0) is 20.5. The number of benzene rings is 1. The van der Waals surface area contributed by atoms with E-state index in [1.807, 2.05) is 31.2 Å². The number of aliphatic hydroxyl groups is 3. The Hall–Kier alpha value is -2.79. The maximum atomic E-state index is 10.3. The fourth-order valence-corrected chi connectivity index (χ4v) is 3.29. The minimum atomic E-state index is -1.26. The molecule has 0 bridgehead atoms. The molecule has 0 saturated carbocycles. The molecule has 1 fully saturated rings. The van der Waals surface area contributed by atoms with Gasteiger partial charge in [-0.1, -0.05) is 29.8 Å². The molecule has 0 radical (unpaired) electrons. The van der Waals surface area contributed by atoms with E-state index in [-0.39, 0.29) is 11.8 Å². The van der Waals surface area contributed by atoms with Crippen molar-refractivity contribution < 1.29 is 24.8 Å². The molecule has 2 aromatic heterocycles. The van der Waals surface area contributed by atoms with Gasteiger partial charge in [-0.2, -0.15) is 9.97 Å². The topological polar surface area (TPSA) is 149 Å². The smallest absolute Gasteiger partial charge is 0.320 e. The molecule has 154 valence electrons. The molecule has 1 unspecified atom stereocenters. The quantitative estimate of drug-likeness (QED) is 0.446. The van der Waals surface area contributed by atoms with E-state index in [4.69, 9.17) is 15.2 Å². The Bertz CT molecular complexity index is 993. The van der Waals surface area contributed by atoms with Crippen molar-refractivity contribution in [3.63, 3.8) is 0 Å². The van der Waals surface area contributed by atoms with E-state index in [0.717, 1.165) is 5.56 Å². The summed E-state index contributed by atoms with van der Waals surface area (Å²) < 4.78 is 12.7. The first-order valence-corrected chi connectivity index (χ1v) is 9.28. The summed E-state index contributed by atoms with van der Waals surface area (Å²) in [6.45, 7) is 1.96. The summed E-state index contributed by atoms with van der Waals surface area (Å²) in [6.07, 6.45) is -2.29. The maximum absolute atomic E-state index is 10.3. The summed E-state index contributed by atoms with van der Waals surface area (Å²) in [6, 6.07) is 8.22. The van der Waals surface area contributed by atoms with Crippen molar-refractivity contribution in [1.29, 1.82) is 0 Å². The summed E-state index contributed by atoms with van der Waals surface area (Å²) in [4.78, 5) is 12.6. The molecule has 1 aliphatic rings. The lowest BCUT2D eigenvalue weighted by Gasteiger charge is -2.16. The highest BCUT2D eigenvalue weighted by molar-refractivity contribution is 5.82. The molecule has 5 N–H and O–H groups in total. The van der Waals surface area contributed by atoms with E-state index in [1.165, 1.54) is 16.5 Å². The zero-order valence-electron chi connectivity index (χ0n) is 15.8. The second-order valence-electron chi connectivity index (χ2n) is 7.03. The van der Waals surface area contributed by atoms with E-state index in [9.17, 15) is 15.3 Å². The van der Waals surface area contributed by atoms with Crippen LogP contribution in [0.25, 0.3) is 11.2 Å². The van der Waals surface area contributed by atoms with Crippen LogP contribution in [0.1, 0.15) is 17.4 Å². The van der Waals surface area contributed by atoms with Crippen LogP contribution in [0.15, 0.2) is 30.6 Å². The Labute approximate surface area is 166 Å². The minimum Gasteiger partial charge on any atom is -0.463 e. The number of nitrogens with two attached hydrogens (primary N) is 1. The molecule has 4 rings (SSSR count). The molecule has 0 amide bonds. The maximum Gasteiger partial charge on any atom is 0.320 e. The first kappa shape index (κ1) is 19.5. The summed E-state index contributed by atoms with van der Waals surface area (Å²) in [7, 11) is 0. The summed E-state index contributed by atoms with van der Waals surface area (Å²) in [5.74, 6) is 0.130. The lowest BCUT2D eigenvalue weighted by atomic mass is 10.1. The molecular weight excluding hydrogens is 378 g/mol. The summed E-state index contributed by atoms with van der Waals surface area (Å²) in [5.41, 5.74) is 8.93. The molecule has 1 aliphatic heterocycles. The molecule has 3 aromatic rings. The monoisotopic (exact) mass is 401 g/mol. The van der Waals surface area contributed by atoms with Crippen molar-refractivity contribution in [2.45, 2.75) is 37.9 Å². The lowest BCUT2D eigenvalue weighted by molar-refractivity contribution is -0.0511. The van der Waals surface area contributed by atoms with Crippen LogP contribution in [-0.4, -0.2) is 66.4 Å². The first-order chi connectivity index (χ1) is 14.0. The third-order valence-electron chi connectivity index (χ3n) is 4.96. The van der Waals surface area contributed by atoms with Gasteiger partial charge in [0, 0.05) is 6.42 Å². The van der Waals surface area contributed by atoms with E-state index in [0.29, 0.717) is 24.2 Å². The van der Waals surface area contributed by atoms with Crippen LogP contribution in [0.4, 0.5) is 5.82 Å². The van der Waals surface area contributed by atoms with Gasteiger partial charge in [0.15, 0.2) is 23.2 Å². The van der Waals surface area contributed by atoms with E-state index < -0.39 is 31.1 Å². The Kier molecular flexibility index (Phi) is 5.33. The molecular formula is C19H23N5O5. The van der Waals surface area contributed by atoms with Gasteiger partial charge in [-0.3, -0.25) is 4.57 Å². The van der Waals surface area contributed by atoms with E-state index in [1.54, 1.807) is 0 Å². The lowest BCUT2D eigenvalue weighted by Crippen LogP contribution is -2.33. The number of aromatic nitrogens is 4. The number of nitrogens with zero attached hydrogens (tertiary/aromatic N) is 4. The van der Waals surface area contributed by atoms with Gasteiger partial charge in [-0.25, -0.2) is 4.98 Å². The van der Waals surface area contributed by atoms with Crippen molar-refractivity contribution in [3.8, 4) is 6.01 Å². The van der Waals surface area contributed by atoms with Crippen LogP contribution in [0.2, 0.25) is 0 Å². The second kappa shape index (κ2) is 7.91. The van der Waals surface area contributed by atoms with Crippen LogP contribution >= 0.6 is 0 Å². The number of nitrogen functional groups attached to an aromatic ring is 1. The van der Waals surface area contributed by atoms with Crippen molar-refractivity contribution in [3.05, 3.63) is 41.7 Å². The van der Waals surface area contributed by atoms with Crippen LogP contribution in [0.3, 0.4) is 0 Å². The van der Waals surface area contributed by atoms with Gasteiger partial charge in [-0.05, 0) is 12.5 Å². The fraction of sp³-hybridized carbons (Fsp3) is 0.421. The first-order valence-electron chi connectivity index (χ1n) is 9.28.